The van der Waals surface area contributed by atoms with E-state index in [4.69, 9.17) is 0 Å². The van der Waals surface area contributed by atoms with Gasteiger partial charge in [0.05, 0.1) is 11.1 Å². The van der Waals surface area contributed by atoms with Gasteiger partial charge in [-0.15, -0.1) is 0 Å². The van der Waals surface area contributed by atoms with Crippen LogP contribution in [0.25, 0.3) is 0 Å². The van der Waals surface area contributed by atoms with Crippen LogP contribution < -0.4 is 0 Å². The largest absolute Gasteiger partial charge is 0.246 e. The predicted molar refractivity (Wildman–Crippen MR) is 94.0 cm³/mol. The number of hydrazine groups is 1. The Morgan fingerprint density at radius 1 is 0.636 bits per heavy atom. The zero-order valence-corrected chi connectivity index (χ0v) is 15.9. The molecule has 0 spiro atoms. The summed E-state index contributed by atoms with van der Waals surface area (Å²) in [6, 6.07) is 0. The van der Waals surface area contributed by atoms with Crippen LogP contribution in [0.3, 0.4) is 0 Å². The number of rotatable bonds is 1. The molecule has 3 rings (SSSR count). The zero-order valence-electron chi connectivity index (χ0n) is 15.9. The van der Waals surface area contributed by atoms with Gasteiger partial charge in [-0.25, -0.2) is 10.0 Å². The van der Waals surface area contributed by atoms with E-state index in [-0.39, 0.29) is 11.1 Å². The molecule has 2 aliphatic heterocycles. The van der Waals surface area contributed by atoms with Crippen molar-refractivity contribution in [3.63, 3.8) is 0 Å². The van der Waals surface area contributed by atoms with Crippen LogP contribution in [0, 0.1) is 27.7 Å². The number of hydrogen-bond donors (Lipinski definition) is 0. The Balaban J connectivity index is 2.52. The summed E-state index contributed by atoms with van der Waals surface area (Å²) in [5.74, 6) is 0. The van der Waals surface area contributed by atoms with Crippen LogP contribution in [0.4, 0.5) is 0 Å². The molecule has 22 heavy (non-hydrogen) atoms. The van der Waals surface area contributed by atoms with Gasteiger partial charge in [-0.3, -0.25) is 0 Å². The van der Waals surface area contributed by atoms with Crippen LogP contribution in [0.1, 0.15) is 61.1 Å². The normalized spacial score (nSPS) is 30.7. The number of benzene rings is 1. The summed E-state index contributed by atoms with van der Waals surface area (Å²) in [4.78, 5) is 0. The first kappa shape index (κ1) is 15.8. The highest BCUT2D eigenvalue weighted by Gasteiger charge is 2.63. The van der Waals surface area contributed by atoms with E-state index in [1.807, 2.05) is 0 Å². The zero-order chi connectivity index (χ0) is 16.8. The molecule has 2 nitrogen and oxygen atoms in total. The molecule has 2 bridgehead atoms. The van der Waals surface area contributed by atoms with E-state index < -0.39 is 0 Å². The van der Waals surface area contributed by atoms with E-state index in [0.717, 1.165) is 0 Å². The van der Waals surface area contributed by atoms with Crippen LogP contribution in [0.5, 0.6) is 0 Å². The fraction of sp³-hybridized carbons (Fsp3) is 0.600. The van der Waals surface area contributed by atoms with E-state index >= 15 is 0 Å². The molecule has 2 heteroatoms. The average Bonchev–Trinajstić information content (AvgIpc) is 2.75. The molecule has 0 saturated heterocycles. The Hall–Kier alpha value is -1.12. The lowest BCUT2D eigenvalue weighted by Crippen LogP contribution is -2.51. The Kier molecular flexibility index (Phi) is 3.04. The minimum atomic E-state index is -0.0228. The van der Waals surface area contributed by atoms with E-state index in [2.05, 4.69) is 79.5 Å². The van der Waals surface area contributed by atoms with Crippen molar-refractivity contribution in [1.82, 2.24) is 10.0 Å². The molecular formula is C20H30N2. The molecule has 2 aliphatic rings. The van der Waals surface area contributed by atoms with Crippen molar-refractivity contribution in [3.8, 4) is 0 Å². The minimum Gasteiger partial charge on any atom is -0.246 e. The molecule has 1 aromatic rings. The summed E-state index contributed by atoms with van der Waals surface area (Å²) in [6.07, 6.45) is 0. The average molecular weight is 298 g/mol. The minimum absolute atomic E-state index is 0.0228. The van der Waals surface area contributed by atoms with Crippen molar-refractivity contribution in [2.45, 2.75) is 66.5 Å². The van der Waals surface area contributed by atoms with Gasteiger partial charge in [0, 0.05) is 14.1 Å². The number of hydrogen-bond acceptors (Lipinski definition) is 2. The van der Waals surface area contributed by atoms with E-state index in [1.54, 1.807) is 11.1 Å². The van der Waals surface area contributed by atoms with Gasteiger partial charge in [0.2, 0.25) is 0 Å². The van der Waals surface area contributed by atoms with Crippen LogP contribution in [0.2, 0.25) is 0 Å². The van der Waals surface area contributed by atoms with Gasteiger partial charge < -0.3 is 0 Å². The summed E-state index contributed by atoms with van der Waals surface area (Å²) >= 11 is 0. The summed E-state index contributed by atoms with van der Waals surface area (Å²) in [5.41, 5.74) is 11.9. The summed E-state index contributed by atoms with van der Waals surface area (Å²) in [7, 11) is 4.36. The second-order valence-corrected chi connectivity index (χ2v) is 7.80. The van der Waals surface area contributed by atoms with Crippen LogP contribution >= 0.6 is 0 Å². The van der Waals surface area contributed by atoms with Gasteiger partial charge in [-0.05, 0) is 99.9 Å². The number of fused-ring (bicyclic) bond motifs is 5. The lowest BCUT2D eigenvalue weighted by Gasteiger charge is -2.42. The lowest BCUT2D eigenvalue weighted by atomic mass is 9.70. The smallest absolute Gasteiger partial charge is 0.0806 e. The molecule has 0 N–H and O–H groups in total. The Labute approximate surface area is 135 Å². The first-order chi connectivity index (χ1) is 10.0. The quantitative estimate of drug-likeness (QED) is 0.705. The Morgan fingerprint density at radius 2 is 0.955 bits per heavy atom. The van der Waals surface area contributed by atoms with E-state index in [0.29, 0.717) is 0 Å². The molecule has 120 valence electrons. The SMILES string of the molecule is CC1=C(C)[C@]2(C)c3c(C)c(C)c(C)c(C)c3[C@@]1(C)N2N(C)C. The van der Waals surface area contributed by atoms with Crippen LogP contribution in [-0.4, -0.2) is 24.1 Å². The van der Waals surface area contributed by atoms with Crippen molar-refractivity contribution in [2.75, 3.05) is 14.1 Å². The van der Waals surface area contributed by atoms with Crippen molar-refractivity contribution in [1.29, 1.82) is 0 Å². The summed E-state index contributed by atoms with van der Waals surface area (Å²) in [6.45, 7) is 18.6. The fourth-order valence-corrected chi connectivity index (χ4v) is 5.41. The van der Waals surface area contributed by atoms with Crippen molar-refractivity contribution >= 4 is 0 Å². The Morgan fingerprint density at radius 3 is 1.23 bits per heavy atom. The van der Waals surface area contributed by atoms with Gasteiger partial charge in [-0.1, -0.05) is 0 Å². The van der Waals surface area contributed by atoms with Crippen LogP contribution in [0.15, 0.2) is 11.1 Å². The maximum Gasteiger partial charge on any atom is 0.0806 e. The first-order valence-corrected chi connectivity index (χ1v) is 8.29. The first-order valence-electron chi connectivity index (χ1n) is 8.29. The molecule has 0 fully saturated rings. The monoisotopic (exact) mass is 298 g/mol. The molecule has 0 saturated carbocycles. The molecule has 2 heterocycles. The second kappa shape index (κ2) is 4.24. The maximum atomic E-state index is 2.59. The van der Waals surface area contributed by atoms with Gasteiger partial charge in [0.1, 0.15) is 0 Å². The molecule has 0 amide bonds. The van der Waals surface area contributed by atoms with Gasteiger partial charge in [0.25, 0.3) is 0 Å². The predicted octanol–water partition coefficient (Wildman–Crippen LogP) is 4.49. The lowest BCUT2D eigenvalue weighted by molar-refractivity contribution is -0.0910. The molecule has 0 unspecified atom stereocenters. The van der Waals surface area contributed by atoms with Crippen molar-refractivity contribution < 1.29 is 0 Å². The molecule has 0 radical (unpaired) electrons. The molecule has 2 atom stereocenters. The van der Waals surface area contributed by atoms with Gasteiger partial charge >= 0.3 is 0 Å². The molecule has 1 aromatic carbocycles. The standard InChI is InChI=1S/C20H30N2/c1-11-12(2)14(4)18-17(13(11)3)19(7)15(5)16(6)20(18,8)22(19)21(9)10/h1-10H3/t19-,20+. The molecule has 0 aliphatic carbocycles. The van der Waals surface area contributed by atoms with Crippen LogP contribution in [-0.2, 0) is 11.1 Å². The highest BCUT2D eigenvalue weighted by atomic mass is 15.7. The topological polar surface area (TPSA) is 6.48 Å². The van der Waals surface area contributed by atoms with Gasteiger partial charge in [-0.2, -0.15) is 0 Å². The molecule has 0 aromatic heterocycles. The summed E-state index contributed by atoms with van der Waals surface area (Å²) in [5, 5.41) is 4.89. The van der Waals surface area contributed by atoms with Crippen molar-refractivity contribution in [2.24, 2.45) is 0 Å². The van der Waals surface area contributed by atoms with E-state index in [1.165, 1.54) is 33.4 Å². The molecular weight excluding hydrogens is 268 g/mol. The highest BCUT2D eigenvalue weighted by molar-refractivity contribution is 5.67. The van der Waals surface area contributed by atoms with Crippen molar-refractivity contribution in [3.05, 3.63) is 44.5 Å². The third-order valence-electron chi connectivity index (χ3n) is 6.93. The fourth-order valence-electron chi connectivity index (χ4n) is 5.41. The number of nitrogens with zero attached hydrogens (tertiary/aromatic N) is 2. The third kappa shape index (κ3) is 1.35. The highest BCUT2D eigenvalue weighted by Crippen LogP contribution is 2.64. The maximum absolute atomic E-state index is 2.59. The summed E-state index contributed by atoms with van der Waals surface area (Å²) < 4.78 is 0. The second-order valence-electron chi connectivity index (χ2n) is 7.80. The van der Waals surface area contributed by atoms with E-state index in [9.17, 15) is 0 Å². The third-order valence-corrected chi connectivity index (χ3v) is 6.93. The van der Waals surface area contributed by atoms with Gasteiger partial charge in [0.15, 0.2) is 0 Å². The Bertz CT molecular complexity index is 669.